The third-order valence-corrected chi connectivity index (χ3v) is 5.10. The van der Waals surface area contributed by atoms with Crippen LogP contribution in [0, 0.1) is 5.41 Å². The molecule has 0 amide bonds. The van der Waals surface area contributed by atoms with Gasteiger partial charge in [0.05, 0.1) is 18.4 Å². The molecule has 0 aliphatic rings. The summed E-state index contributed by atoms with van der Waals surface area (Å²) in [5, 5.41) is 8.98. The highest BCUT2D eigenvalue weighted by Crippen LogP contribution is 2.31. The van der Waals surface area contributed by atoms with E-state index < -0.39 is 11.7 Å². The first-order valence-electron chi connectivity index (χ1n) is 8.34. The Kier molecular flexibility index (Phi) is 4.84. The van der Waals surface area contributed by atoms with E-state index in [2.05, 4.69) is 15.0 Å². The number of hydrogen-bond donors (Lipinski definition) is 2. The predicted octanol–water partition coefficient (Wildman–Crippen LogP) is 5.28. The molecule has 0 fully saturated rings. The average molecular weight is 438 g/mol. The third kappa shape index (κ3) is 3.73. The second-order valence-corrected chi connectivity index (χ2v) is 7.09. The molecule has 0 radical (unpaired) electrons. The van der Waals surface area contributed by atoms with Crippen molar-refractivity contribution >= 4 is 34.4 Å². The SMILES string of the molecule is N=c1ncn(Cc2c(Cl)cccc2Cl)c2nc(-c3ccc(C(F)(F)F)cc3)[nH]c12. The predicted molar refractivity (Wildman–Crippen MR) is 104 cm³/mol. The second kappa shape index (κ2) is 7.20. The highest BCUT2D eigenvalue weighted by molar-refractivity contribution is 6.36. The first kappa shape index (κ1) is 19.5. The van der Waals surface area contributed by atoms with Gasteiger partial charge in [0.25, 0.3) is 0 Å². The Morgan fingerprint density at radius 3 is 2.31 bits per heavy atom. The molecule has 0 saturated heterocycles. The minimum atomic E-state index is -4.41. The number of aromatic nitrogens is 4. The molecule has 0 bridgehead atoms. The average Bonchev–Trinajstić information content (AvgIpc) is 3.12. The zero-order valence-electron chi connectivity index (χ0n) is 14.6. The van der Waals surface area contributed by atoms with E-state index in [4.69, 9.17) is 28.6 Å². The topological polar surface area (TPSA) is 70.3 Å². The zero-order chi connectivity index (χ0) is 20.8. The minimum Gasteiger partial charge on any atom is -0.334 e. The molecular weight excluding hydrogens is 426 g/mol. The summed E-state index contributed by atoms with van der Waals surface area (Å²) < 4.78 is 40.0. The number of alkyl halides is 3. The first-order chi connectivity index (χ1) is 13.7. The summed E-state index contributed by atoms with van der Waals surface area (Å²) in [4.78, 5) is 11.5. The molecular formula is C19H12Cl2F3N5. The number of hydrogen-bond acceptors (Lipinski definition) is 3. The molecule has 0 aliphatic carbocycles. The molecule has 0 atom stereocenters. The quantitative estimate of drug-likeness (QED) is 0.457. The Balaban J connectivity index is 1.79. The van der Waals surface area contributed by atoms with Gasteiger partial charge in [0.15, 0.2) is 11.1 Å². The van der Waals surface area contributed by atoms with E-state index in [1.54, 1.807) is 22.8 Å². The van der Waals surface area contributed by atoms with Crippen molar-refractivity contribution in [1.29, 1.82) is 5.41 Å². The number of nitrogens with zero attached hydrogens (tertiary/aromatic N) is 3. The lowest BCUT2D eigenvalue weighted by Gasteiger charge is -2.10. The van der Waals surface area contributed by atoms with E-state index in [0.717, 1.165) is 12.1 Å². The molecule has 29 heavy (non-hydrogen) atoms. The molecule has 0 saturated carbocycles. The van der Waals surface area contributed by atoms with Crippen LogP contribution in [0.15, 0.2) is 48.8 Å². The fourth-order valence-corrected chi connectivity index (χ4v) is 3.42. The number of rotatable bonds is 3. The summed E-state index contributed by atoms with van der Waals surface area (Å²) in [6.07, 6.45) is -2.97. The summed E-state index contributed by atoms with van der Waals surface area (Å²) in [6.45, 7) is 0.263. The Hall–Kier alpha value is -2.84. The van der Waals surface area contributed by atoms with E-state index >= 15 is 0 Å². The van der Waals surface area contributed by atoms with Gasteiger partial charge in [-0.3, -0.25) is 5.41 Å². The Labute approximate surface area is 172 Å². The fraction of sp³-hybridized carbons (Fsp3) is 0.105. The molecule has 4 aromatic rings. The lowest BCUT2D eigenvalue weighted by atomic mass is 10.1. The second-order valence-electron chi connectivity index (χ2n) is 6.28. The number of imidazole rings is 1. The van der Waals surface area contributed by atoms with Crippen LogP contribution in [-0.4, -0.2) is 19.5 Å². The standard InChI is InChI=1S/C19H12Cl2F3N5/c20-13-2-1-3-14(21)12(13)8-29-9-26-16(25)15-18(29)28-17(27-15)10-4-6-11(7-5-10)19(22,23)24/h1-7,9,25H,8H2,(H,27,28). The van der Waals surface area contributed by atoms with Gasteiger partial charge in [0, 0.05) is 21.2 Å². The summed E-state index contributed by atoms with van der Waals surface area (Å²) in [6, 6.07) is 9.78. The van der Waals surface area contributed by atoms with E-state index in [1.807, 2.05) is 0 Å². The molecule has 148 valence electrons. The van der Waals surface area contributed by atoms with Gasteiger partial charge in [0.1, 0.15) is 11.3 Å². The van der Waals surface area contributed by atoms with Crippen molar-refractivity contribution in [2.24, 2.45) is 0 Å². The van der Waals surface area contributed by atoms with Crippen LogP contribution in [0.1, 0.15) is 11.1 Å². The van der Waals surface area contributed by atoms with E-state index in [9.17, 15) is 13.2 Å². The van der Waals surface area contributed by atoms with Gasteiger partial charge in [-0.15, -0.1) is 0 Å². The van der Waals surface area contributed by atoms with E-state index in [1.165, 1.54) is 18.5 Å². The van der Waals surface area contributed by atoms with Crippen LogP contribution in [-0.2, 0) is 12.7 Å². The van der Waals surface area contributed by atoms with E-state index in [-0.39, 0.29) is 12.0 Å². The highest BCUT2D eigenvalue weighted by Gasteiger charge is 2.30. The summed E-state index contributed by atoms with van der Waals surface area (Å²) >= 11 is 12.5. The number of fused-ring (bicyclic) bond motifs is 1. The van der Waals surface area contributed by atoms with Crippen LogP contribution in [0.5, 0.6) is 0 Å². The molecule has 2 heterocycles. The lowest BCUT2D eigenvalue weighted by Crippen LogP contribution is -2.13. The summed E-state index contributed by atoms with van der Waals surface area (Å²) in [5.41, 5.74) is 1.11. The van der Waals surface area contributed by atoms with Crippen molar-refractivity contribution in [3.63, 3.8) is 0 Å². The normalized spacial score (nSPS) is 11.9. The minimum absolute atomic E-state index is 0.0350. The molecule has 2 aromatic heterocycles. The van der Waals surface area contributed by atoms with Gasteiger partial charge in [-0.2, -0.15) is 13.2 Å². The zero-order valence-corrected chi connectivity index (χ0v) is 16.1. The number of halogens is 5. The van der Waals surface area contributed by atoms with Gasteiger partial charge < -0.3 is 9.55 Å². The smallest absolute Gasteiger partial charge is 0.334 e. The lowest BCUT2D eigenvalue weighted by molar-refractivity contribution is -0.137. The van der Waals surface area contributed by atoms with Crippen molar-refractivity contribution in [1.82, 2.24) is 19.5 Å². The van der Waals surface area contributed by atoms with Crippen molar-refractivity contribution < 1.29 is 13.2 Å². The maximum absolute atomic E-state index is 12.8. The molecule has 10 heteroatoms. The fourth-order valence-electron chi connectivity index (χ4n) is 2.91. The first-order valence-corrected chi connectivity index (χ1v) is 9.10. The van der Waals surface area contributed by atoms with Gasteiger partial charge in [-0.25, -0.2) is 9.97 Å². The molecule has 2 N–H and O–H groups in total. The molecule has 2 aromatic carbocycles. The molecule has 0 aliphatic heterocycles. The van der Waals surface area contributed by atoms with Gasteiger partial charge in [0.2, 0.25) is 0 Å². The van der Waals surface area contributed by atoms with Gasteiger partial charge in [-0.05, 0) is 24.3 Å². The number of aromatic amines is 1. The van der Waals surface area contributed by atoms with Gasteiger partial charge >= 0.3 is 6.18 Å². The summed E-state index contributed by atoms with van der Waals surface area (Å²) in [7, 11) is 0. The molecule has 0 spiro atoms. The van der Waals surface area contributed by atoms with Crippen LogP contribution in [0.25, 0.3) is 22.6 Å². The Morgan fingerprint density at radius 1 is 1.03 bits per heavy atom. The number of nitrogens with one attached hydrogen (secondary N) is 2. The van der Waals surface area contributed by atoms with Crippen LogP contribution in [0.4, 0.5) is 13.2 Å². The number of H-pyrrole nitrogens is 1. The maximum atomic E-state index is 12.8. The molecule has 0 unspecified atom stereocenters. The molecule has 4 rings (SSSR count). The van der Waals surface area contributed by atoms with Crippen molar-refractivity contribution in [2.75, 3.05) is 0 Å². The Morgan fingerprint density at radius 2 is 1.69 bits per heavy atom. The van der Waals surface area contributed by atoms with Crippen molar-refractivity contribution in [3.8, 4) is 11.4 Å². The van der Waals surface area contributed by atoms with Crippen LogP contribution in [0.3, 0.4) is 0 Å². The summed E-state index contributed by atoms with van der Waals surface area (Å²) in [5.74, 6) is 0.328. The largest absolute Gasteiger partial charge is 0.416 e. The maximum Gasteiger partial charge on any atom is 0.416 e. The third-order valence-electron chi connectivity index (χ3n) is 4.40. The molecule has 5 nitrogen and oxygen atoms in total. The monoisotopic (exact) mass is 437 g/mol. The van der Waals surface area contributed by atoms with E-state index in [0.29, 0.717) is 38.2 Å². The van der Waals surface area contributed by atoms with Crippen LogP contribution < -0.4 is 5.49 Å². The highest BCUT2D eigenvalue weighted by atomic mass is 35.5. The van der Waals surface area contributed by atoms with Crippen LogP contribution >= 0.6 is 23.2 Å². The van der Waals surface area contributed by atoms with Crippen LogP contribution in [0.2, 0.25) is 10.0 Å². The number of benzene rings is 2. The van der Waals surface area contributed by atoms with Crippen molar-refractivity contribution in [3.05, 3.63) is 75.5 Å². The van der Waals surface area contributed by atoms with Gasteiger partial charge in [-0.1, -0.05) is 41.4 Å². The Bertz CT molecular complexity index is 1240. The van der Waals surface area contributed by atoms with Crippen molar-refractivity contribution in [2.45, 2.75) is 12.7 Å².